The van der Waals surface area contributed by atoms with Crippen molar-refractivity contribution >= 4 is 49.2 Å². The highest BCUT2D eigenvalue weighted by atomic mass is 79.9. The van der Waals surface area contributed by atoms with Crippen LogP contribution in [0.25, 0.3) is 0 Å². The number of rotatable bonds is 0. The molecular weight excluding hydrogens is 393 g/mol. The summed E-state index contributed by atoms with van der Waals surface area (Å²) < 4.78 is 1.63. The number of fused-ring (bicyclic) bond motifs is 2. The molecule has 3 rings (SSSR count). The molecule has 0 saturated carbocycles. The summed E-state index contributed by atoms with van der Waals surface area (Å²) in [5.41, 5.74) is 3.18. The van der Waals surface area contributed by atoms with Gasteiger partial charge in [-0.2, -0.15) is 0 Å². The van der Waals surface area contributed by atoms with Crippen LogP contribution in [0.2, 0.25) is 5.02 Å². The Hall–Kier alpha value is -0.710. The standard InChI is InChI=1S/C14H8Br2ClNO/c15-9-3-8-2-1-7-4-12(17)11(16)5-10(7)14(19)13(8)18-6-9/h3-6H,1-2H2. The van der Waals surface area contributed by atoms with Crippen LogP contribution in [0.15, 0.2) is 33.3 Å². The molecule has 0 amide bonds. The van der Waals surface area contributed by atoms with Crippen molar-refractivity contribution in [2.75, 3.05) is 0 Å². The molecule has 19 heavy (non-hydrogen) atoms. The predicted octanol–water partition coefficient (Wildman–Crippen LogP) is 4.59. The zero-order valence-electron chi connectivity index (χ0n) is 9.71. The summed E-state index contributed by atoms with van der Waals surface area (Å²) in [6, 6.07) is 5.61. The molecule has 1 heterocycles. The molecule has 1 aliphatic carbocycles. The lowest BCUT2D eigenvalue weighted by molar-refractivity contribution is 0.103. The van der Waals surface area contributed by atoms with E-state index in [1.807, 2.05) is 12.1 Å². The molecule has 0 atom stereocenters. The Labute approximate surface area is 132 Å². The van der Waals surface area contributed by atoms with Crippen molar-refractivity contribution in [2.24, 2.45) is 0 Å². The minimum absolute atomic E-state index is 0.0348. The number of nitrogens with zero attached hydrogens (tertiary/aromatic N) is 1. The quantitative estimate of drug-likeness (QED) is 0.646. The first-order chi connectivity index (χ1) is 9.06. The second-order valence-electron chi connectivity index (χ2n) is 4.41. The van der Waals surface area contributed by atoms with Crippen molar-refractivity contribution in [1.29, 1.82) is 0 Å². The van der Waals surface area contributed by atoms with E-state index in [4.69, 9.17) is 11.6 Å². The van der Waals surface area contributed by atoms with E-state index < -0.39 is 0 Å². The summed E-state index contributed by atoms with van der Waals surface area (Å²) in [7, 11) is 0. The fourth-order valence-electron chi connectivity index (χ4n) is 2.28. The molecule has 0 aliphatic heterocycles. The number of aryl methyl sites for hydroxylation is 2. The van der Waals surface area contributed by atoms with Gasteiger partial charge in [-0.3, -0.25) is 9.78 Å². The first-order valence-electron chi connectivity index (χ1n) is 5.73. The predicted molar refractivity (Wildman–Crippen MR) is 81.9 cm³/mol. The normalized spacial score (nSPS) is 13.7. The van der Waals surface area contributed by atoms with Crippen LogP contribution in [-0.2, 0) is 12.8 Å². The van der Waals surface area contributed by atoms with Gasteiger partial charge < -0.3 is 0 Å². The van der Waals surface area contributed by atoms with Crippen LogP contribution in [0.3, 0.4) is 0 Å². The first-order valence-corrected chi connectivity index (χ1v) is 7.69. The van der Waals surface area contributed by atoms with Gasteiger partial charge in [0.2, 0.25) is 5.78 Å². The molecule has 1 aromatic heterocycles. The highest BCUT2D eigenvalue weighted by Crippen LogP contribution is 2.31. The van der Waals surface area contributed by atoms with Gasteiger partial charge in [0.25, 0.3) is 0 Å². The van der Waals surface area contributed by atoms with Crippen LogP contribution in [0.4, 0.5) is 0 Å². The van der Waals surface area contributed by atoms with Gasteiger partial charge in [-0.1, -0.05) is 11.6 Å². The van der Waals surface area contributed by atoms with E-state index in [1.165, 1.54) is 0 Å². The molecule has 96 valence electrons. The van der Waals surface area contributed by atoms with E-state index in [2.05, 4.69) is 36.8 Å². The summed E-state index contributed by atoms with van der Waals surface area (Å²) in [6.07, 6.45) is 3.24. The molecule has 2 aromatic rings. The lowest BCUT2D eigenvalue weighted by Crippen LogP contribution is -2.07. The number of aromatic nitrogens is 1. The summed E-state index contributed by atoms with van der Waals surface area (Å²) in [4.78, 5) is 16.8. The van der Waals surface area contributed by atoms with Gasteiger partial charge in [-0.05, 0) is 74.0 Å². The molecule has 0 saturated heterocycles. The summed E-state index contributed by atoms with van der Waals surface area (Å²) in [5, 5.41) is 0.631. The fourth-order valence-corrected chi connectivity index (χ4v) is 3.19. The maximum Gasteiger partial charge on any atom is 0.211 e. The molecule has 1 aromatic carbocycles. The molecular formula is C14H8Br2ClNO. The van der Waals surface area contributed by atoms with Gasteiger partial charge >= 0.3 is 0 Å². The molecule has 0 bridgehead atoms. The van der Waals surface area contributed by atoms with Crippen molar-refractivity contribution < 1.29 is 4.79 Å². The van der Waals surface area contributed by atoms with Gasteiger partial charge in [-0.15, -0.1) is 0 Å². The van der Waals surface area contributed by atoms with Crippen LogP contribution >= 0.6 is 43.5 Å². The van der Waals surface area contributed by atoms with Gasteiger partial charge in [0, 0.05) is 20.7 Å². The number of carbonyl (C=O) groups is 1. The Morgan fingerprint density at radius 2 is 1.84 bits per heavy atom. The van der Waals surface area contributed by atoms with Crippen molar-refractivity contribution in [3.8, 4) is 0 Å². The Morgan fingerprint density at radius 1 is 1.11 bits per heavy atom. The number of hydrogen-bond donors (Lipinski definition) is 0. The number of benzene rings is 1. The topological polar surface area (TPSA) is 30.0 Å². The van der Waals surface area contributed by atoms with Crippen molar-refractivity contribution in [3.63, 3.8) is 0 Å². The highest BCUT2D eigenvalue weighted by Gasteiger charge is 2.23. The van der Waals surface area contributed by atoms with E-state index in [0.29, 0.717) is 16.3 Å². The lowest BCUT2D eigenvalue weighted by atomic mass is 10.0. The Kier molecular flexibility index (Phi) is 3.50. The Bertz CT molecular complexity index is 700. The van der Waals surface area contributed by atoms with E-state index in [0.717, 1.165) is 32.9 Å². The molecule has 0 radical (unpaired) electrons. The van der Waals surface area contributed by atoms with Crippen LogP contribution in [0.1, 0.15) is 27.2 Å². The van der Waals surface area contributed by atoms with E-state index in [1.54, 1.807) is 12.3 Å². The molecule has 1 aliphatic rings. The van der Waals surface area contributed by atoms with E-state index >= 15 is 0 Å². The maximum atomic E-state index is 12.6. The third-order valence-electron chi connectivity index (χ3n) is 3.20. The molecule has 0 fully saturated rings. The van der Waals surface area contributed by atoms with Gasteiger partial charge in [0.05, 0.1) is 5.02 Å². The van der Waals surface area contributed by atoms with Crippen LogP contribution in [0, 0.1) is 0 Å². The molecule has 0 unspecified atom stereocenters. The van der Waals surface area contributed by atoms with Gasteiger partial charge in [-0.25, -0.2) is 0 Å². The SMILES string of the molecule is O=C1c2cc(Br)c(Cl)cc2CCc2cc(Br)cnc21. The van der Waals surface area contributed by atoms with E-state index in [-0.39, 0.29) is 5.78 Å². The average Bonchev–Trinajstić information content (AvgIpc) is 2.50. The minimum Gasteiger partial charge on any atom is -0.287 e. The van der Waals surface area contributed by atoms with Crippen LogP contribution in [-0.4, -0.2) is 10.8 Å². The molecule has 5 heteroatoms. The Balaban J connectivity index is 2.20. The van der Waals surface area contributed by atoms with Crippen molar-refractivity contribution in [3.05, 3.63) is 60.7 Å². The largest absolute Gasteiger partial charge is 0.287 e. The van der Waals surface area contributed by atoms with E-state index in [9.17, 15) is 4.79 Å². The third kappa shape index (κ3) is 2.37. The Morgan fingerprint density at radius 3 is 2.63 bits per heavy atom. The number of ketones is 1. The summed E-state index contributed by atoms with van der Waals surface area (Å²) in [6.45, 7) is 0. The monoisotopic (exact) mass is 399 g/mol. The highest BCUT2D eigenvalue weighted by molar-refractivity contribution is 9.10. The lowest BCUT2D eigenvalue weighted by Gasteiger charge is -2.06. The second-order valence-corrected chi connectivity index (χ2v) is 6.59. The smallest absolute Gasteiger partial charge is 0.211 e. The van der Waals surface area contributed by atoms with Crippen LogP contribution < -0.4 is 0 Å². The molecule has 0 spiro atoms. The van der Waals surface area contributed by atoms with Crippen molar-refractivity contribution in [1.82, 2.24) is 4.98 Å². The first kappa shape index (κ1) is 13.3. The maximum absolute atomic E-state index is 12.6. The number of carbonyl (C=O) groups excluding carboxylic acids is 1. The summed E-state index contributed by atoms with van der Waals surface area (Å²) in [5.74, 6) is -0.0348. The van der Waals surface area contributed by atoms with Crippen molar-refractivity contribution in [2.45, 2.75) is 12.8 Å². The summed E-state index contributed by atoms with van der Waals surface area (Å²) >= 11 is 12.9. The minimum atomic E-state index is -0.0348. The fraction of sp³-hybridized carbons (Fsp3) is 0.143. The molecule has 0 N–H and O–H groups in total. The molecule has 2 nitrogen and oxygen atoms in total. The van der Waals surface area contributed by atoms with Crippen LogP contribution in [0.5, 0.6) is 0 Å². The zero-order chi connectivity index (χ0) is 13.6. The average molecular weight is 401 g/mol. The van der Waals surface area contributed by atoms with Gasteiger partial charge in [0.15, 0.2) is 0 Å². The van der Waals surface area contributed by atoms with Gasteiger partial charge in [0.1, 0.15) is 5.69 Å². The number of halogens is 3. The second kappa shape index (κ2) is 5.00. The number of hydrogen-bond acceptors (Lipinski definition) is 2. The number of pyridine rings is 1. The third-order valence-corrected chi connectivity index (χ3v) is 4.83. The zero-order valence-corrected chi connectivity index (χ0v) is 13.6.